The zero-order chi connectivity index (χ0) is 11.7. The number of nitrogens with zero attached hydrogens (tertiary/aromatic N) is 5. The number of nitrogens with one attached hydrogen (secondary N) is 1. The summed E-state index contributed by atoms with van der Waals surface area (Å²) in [5.41, 5.74) is 1.54. The van der Waals surface area contributed by atoms with Gasteiger partial charge in [-0.05, 0) is 6.92 Å². The lowest BCUT2D eigenvalue weighted by Gasteiger charge is -2.02. The molecule has 86 valence electrons. The van der Waals surface area contributed by atoms with Gasteiger partial charge in [-0.1, -0.05) is 5.16 Å². The molecule has 0 saturated carbocycles. The number of aryl methyl sites for hydroxylation is 1. The lowest BCUT2D eigenvalue weighted by Crippen LogP contribution is -2.02. The molecule has 0 unspecified atom stereocenters. The van der Waals surface area contributed by atoms with E-state index in [4.69, 9.17) is 4.52 Å². The average Bonchev–Trinajstić information content (AvgIpc) is 2.94. The molecular weight excluding hydrogens is 220 g/mol. The third-order valence-corrected chi connectivity index (χ3v) is 2.32. The van der Waals surface area contributed by atoms with E-state index in [-0.39, 0.29) is 0 Å². The van der Waals surface area contributed by atoms with Crippen molar-refractivity contribution in [2.45, 2.75) is 13.5 Å². The van der Waals surface area contributed by atoms with Crippen molar-refractivity contribution in [3.8, 4) is 0 Å². The second-order valence-electron chi connectivity index (χ2n) is 3.63. The molecule has 0 aromatic carbocycles. The van der Waals surface area contributed by atoms with Crippen molar-refractivity contribution in [2.24, 2.45) is 0 Å². The summed E-state index contributed by atoms with van der Waals surface area (Å²) < 4.78 is 6.89. The summed E-state index contributed by atoms with van der Waals surface area (Å²) in [7, 11) is 0. The normalized spacial score (nSPS) is 10.9. The summed E-state index contributed by atoms with van der Waals surface area (Å²) in [5, 5.41) is 14.7. The topological polar surface area (TPSA) is 81.1 Å². The fourth-order valence-electron chi connectivity index (χ4n) is 1.55. The first-order chi connectivity index (χ1) is 8.33. The minimum atomic E-state index is 0.514. The van der Waals surface area contributed by atoms with Gasteiger partial charge in [0, 0.05) is 18.5 Å². The van der Waals surface area contributed by atoms with Crippen molar-refractivity contribution in [3.63, 3.8) is 0 Å². The van der Waals surface area contributed by atoms with Gasteiger partial charge in [0.2, 0.25) is 5.65 Å². The Hall–Kier alpha value is -2.44. The predicted molar refractivity (Wildman–Crippen MR) is 59.3 cm³/mol. The summed E-state index contributed by atoms with van der Waals surface area (Å²) in [5.74, 6) is 1.42. The number of aromatic nitrogens is 5. The molecule has 7 nitrogen and oxygen atoms in total. The third kappa shape index (κ3) is 1.82. The SMILES string of the molecule is Cc1cc(CNc2nccn3cnnc23)on1. The largest absolute Gasteiger partial charge is 0.360 e. The Balaban J connectivity index is 1.83. The number of anilines is 1. The van der Waals surface area contributed by atoms with Crippen molar-refractivity contribution in [3.05, 3.63) is 36.2 Å². The molecule has 3 aromatic heterocycles. The molecule has 3 rings (SSSR count). The second-order valence-corrected chi connectivity index (χ2v) is 3.63. The number of hydrogen-bond donors (Lipinski definition) is 1. The summed E-state index contributed by atoms with van der Waals surface area (Å²) in [6.07, 6.45) is 5.10. The Kier molecular flexibility index (Phi) is 2.21. The van der Waals surface area contributed by atoms with Gasteiger partial charge in [0.1, 0.15) is 6.33 Å². The van der Waals surface area contributed by atoms with Gasteiger partial charge in [-0.15, -0.1) is 10.2 Å². The van der Waals surface area contributed by atoms with E-state index in [9.17, 15) is 0 Å². The van der Waals surface area contributed by atoms with E-state index in [2.05, 4.69) is 25.7 Å². The van der Waals surface area contributed by atoms with E-state index in [0.29, 0.717) is 18.0 Å². The van der Waals surface area contributed by atoms with Crippen molar-refractivity contribution < 1.29 is 4.52 Å². The molecule has 0 bridgehead atoms. The summed E-state index contributed by atoms with van der Waals surface area (Å²) in [4.78, 5) is 4.20. The van der Waals surface area contributed by atoms with Gasteiger partial charge in [0.15, 0.2) is 11.6 Å². The van der Waals surface area contributed by atoms with Crippen LogP contribution >= 0.6 is 0 Å². The quantitative estimate of drug-likeness (QED) is 0.723. The summed E-state index contributed by atoms with van der Waals surface area (Å²) >= 11 is 0. The van der Waals surface area contributed by atoms with Gasteiger partial charge in [-0.3, -0.25) is 4.40 Å². The molecule has 0 radical (unpaired) electrons. The maximum atomic E-state index is 5.10. The maximum absolute atomic E-state index is 5.10. The highest BCUT2D eigenvalue weighted by molar-refractivity contribution is 5.61. The highest BCUT2D eigenvalue weighted by Crippen LogP contribution is 2.11. The van der Waals surface area contributed by atoms with Crippen molar-refractivity contribution >= 4 is 11.5 Å². The molecule has 1 N–H and O–H groups in total. The minimum absolute atomic E-state index is 0.514. The van der Waals surface area contributed by atoms with Crippen LogP contribution in [-0.4, -0.2) is 24.7 Å². The Labute approximate surface area is 96.5 Å². The number of fused-ring (bicyclic) bond motifs is 1. The van der Waals surface area contributed by atoms with Crippen LogP contribution in [0, 0.1) is 6.92 Å². The van der Waals surface area contributed by atoms with E-state index in [1.165, 1.54) is 0 Å². The molecule has 0 saturated heterocycles. The Morgan fingerprint density at radius 1 is 1.47 bits per heavy atom. The molecular formula is C10H10N6O. The van der Waals surface area contributed by atoms with Crippen LogP contribution in [0.1, 0.15) is 11.5 Å². The Morgan fingerprint density at radius 3 is 3.24 bits per heavy atom. The Morgan fingerprint density at radius 2 is 2.41 bits per heavy atom. The molecule has 0 atom stereocenters. The van der Waals surface area contributed by atoms with E-state index in [0.717, 1.165) is 11.5 Å². The predicted octanol–water partition coefficient (Wildman–Crippen LogP) is 1.03. The van der Waals surface area contributed by atoms with Crippen molar-refractivity contribution in [2.75, 3.05) is 5.32 Å². The fraction of sp³-hybridized carbons (Fsp3) is 0.200. The first-order valence-electron chi connectivity index (χ1n) is 5.13. The fourth-order valence-corrected chi connectivity index (χ4v) is 1.55. The van der Waals surface area contributed by atoms with Gasteiger partial charge in [-0.25, -0.2) is 4.98 Å². The molecule has 0 fully saturated rings. The maximum Gasteiger partial charge on any atom is 0.203 e. The second kappa shape index (κ2) is 3.85. The van der Waals surface area contributed by atoms with Crippen LogP contribution in [0.4, 0.5) is 5.82 Å². The van der Waals surface area contributed by atoms with Crippen LogP contribution < -0.4 is 5.32 Å². The van der Waals surface area contributed by atoms with Gasteiger partial charge in [-0.2, -0.15) is 0 Å². The van der Waals surface area contributed by atoms with Gasteiger partial charge >= 0.3 is 0 Å². The smallest absolute Gasteiger partial charge is 0.203 e. The van der Waals surface area contributed by atoms with E-state index in [1.54, 1.807) is 23.1 Å². The number of rotatable bonds is 3. The van der Waals surface area contributed by atoms with Gasteiger partial charge in [0.25, 0.3) is 0 Å². The van der Waals surface area contributed by atoms with Crippen LogP contribution in [0.25, 0.3) is 5.65 Å². The molecule has 0 aliphatic carbocycles. The molecule has 0 amide bonds. The lowest BCUT2D eigenvalue weighted by molar-refractivity contribution is 0.384. The minimum Gasteiger partial charge on any atom is -0.360 e. The first-order valence-corrected chi connectivity index (χ1v) is 5.13. The van der Waals surface area contributed by atoms with Crippen molar-refractivity contribution in [1.29, 1.82) is 0 Å². The lowest BCUT2D eigenvalue weighted by atomic mass is 10.4. The highest BCUT2D eigenvalue weighted by atomic mass is 16.5. The molecule has 0 spiro atoms. The number of hydrogen-bond acceptors (Lipinski definition) is 6. The average molecular weight is 230 g/mol. The summed E-state index contributed by atoms with van der Waals surface area (Å²) in [6, 6.07) is 1.87. The zero-order valence-corrected chi connectivity index (χ0v) is 9.16. The Bertz CT molecular complexity index is 643. The molecule has 0 aliphatic heterocycles. The van der Waals surface area contributed by atoms with Crippen LogP contribution in [-0.2, 0) is 6.54 Å². The molecule has 17 heavy (non-hydrogen) atoms. The monoisotopic (exact) mass is 230 g/mol. The molecule has 3 aromatic rings. The van der Waals surface area contributed by atoms with E-state index >= 15 is 0 Å². The van der Waals surface area contributed by atoms with Crippen LogP contribution in [0.15, 0.2) is 29.3 Å². The van der Waals surface area contributed by atoms with E-state index in [1.807, 2.05) is 13.0 Å². The van der Waals surface area contributed by atoms with E-state index < -0.39 is 0 Å². The third-order valence-electron chi connectivity index (χ3n) is 2.32. The molecule has 3 heterocycles. The standard InChI is InChI=1S/C10H10N6O/c1-7-4-8(17-15-7)5-12-9-10-14-13-6-16(10)3-2-11-9/h2-4,6H,5H2,1H3,(H,11,12). The first kappa shape index (κ1) is 9.76. The summed E-state index contributed by atoms with van der Waals surface area (Å²) in [6.45, 7) is 2.39. The highest BCUT2D eigenvalue weighted by Gasteiger charge is 2.06. The molecule has 7 heteroatoms. The van der Waals surface area contributed by atoms with Gasteiger partial charge in [0.05, 0.1) is 12.2 Å². The molecule has 0 aliphatic rings. The zero-order valence-electron chi connectivity index (χ0n) is 9.16. The van der Waals surface area contributed by atoms with Crippen LogP contribution in [0.3, 0.4) is 0 Å². The van der Waals surface area contributed by atoms with Gasteiger partial charge < -0.3 is 9.84 Å². The van der Waals surface area contributed by atoms with Crippen LogP contribution in [0.2, 0.25) is 0 Å². The van der Waals surface area contributed by atoms with Crippen LogP contribution in [0.5, 0.6) is 0 Å². The van der Waals surface area contributed by atoms with Crippen molar-refractivity contribution in [1.82, 2.24) is 24.7 Å².